The minimum Gasteiger partial charge on any atom is -0.500 e. The summed E-state index contributed by atoms with van der Waals surface area (Å²) in [5.74, 6) is 0.702. The predicted octanol–water partition coefficient (Wildman–Crippen LogP) is 1.07. The summed E-state index contributed by atoms with van der Waals surface area (Å²) in [7, 11) is 6.69. The summed E-state index contributed by atoms with van der Waals surface area (Å²) in [5.41, 5.74) is 0.975. The van der Waals surface area contributed by atoms with E-state index >= 15 is 0 Å². The maximum Gasteiger partial charge on any atom is 0.160 e. The lowest BCUT2D eigenvalue weighted by molar-refractivity contribution is 0.304. The Balaban J connectivity index is 3.05. The molecule has 0 unspecified atom stereocenters. The highest BCUT2D eigenvalue weighted by Crippen LogP contribution is 2.11. The van der Waals surface area contributed by atoms with Gasteiger partial charge in [0.2, 0.25) is 0 Å². The number of hydrogen-bond acceptors (Lipinski definition) is 2. The van der Waals surface area contributed by atoms with Crippen LogP contribution in [0.2, 0.25) is 0 Å². The molecule has 0 aliphatic rings. The van der Waals surface area contributed by atoms with Gasteiger partial charge >= 0.3 is 0 Å². The molecule has 13 heavy (non-hydrogen) atoms. The molecule has 0 aliphatic carbocycles. The van der Waals surface area contributed by atoms with Crippen LogP contribution in [-0.4, -0.2) is 24.5 Å². The lowest BCUT2D eigenvalue weighted by Gasteiger charge is -2.08. The first kappa shape index (κ1) is 9.86. The van der Waals surface area contributed by atoms with Crippen molar-refractivity contribution in [2.45, 2.75) is 0 Å². The zero-order chi connectivity index (χ0) is 9.68. The van der Waals surface area contributed by atoms with Gasteiger partial charge in [0.15, 0.2) is 5.76 Å². The van der Waals surface area contributed by atoms with Crippen LogP contribution < -0.4 is 5.19 Å². The molecular formula is C10H11O2Si. The largest absolute Gasteiger partial charge is 0.500 e. The molecule has 0 heterocycles. The van der Waals surface area contributed by atoms with Crippen LogP contribution in [0, 0.1) is 0 Å². The van der Waals surface area contributed by atoms with Crippen LogP contribution in [0.4, 0.5) is 0 Å². The zero-order valence-electron chi connectivity index (χ0n) is 7.70. The molecular weight excluding hydrogens is 180 g/mol. The van der Waals surface area contributed by atoms with Crippen molar-refractivity contribution in [2.75, 3.05) is 14.2 Å². The quantitative estimate of drug-likeness (QED) is 0.525. The summed E-state index contributed by atoms with van der Waals surface area (Å²) in [5, 5.41) is 0.979. The fourth-order valence-electron chi connectivity index (χ4n) is 1.03. The average Bonchev–Trinajstić information content (AvgIpc) is 2.16. The van der Waals surface area contributed by atoms with Crippen LogP contribution in [0.3, 0.4) is 0 Å². The van der Waals surface area contributed by atoms with Gasteiger partial charge in [-0.15, -0.1) is 0 Å². The summed E-state index contributed by atoms with van der Waals surface area (Å²) in [6.45, 7) is 0. The molecule has 0 saturated carbocycles. The first-order chi connectivity index (χ1) is 6.29. The molecule has 0 amide bonds. The van der Waals surface area contributed by atoms with Gasteiger partial charge in [0.1, 0.15) is 6.26 Å². The lowest BCUT2D eigenvalue weighted by atomic mass is 10.2. The fourth-order valence-corrected chi connectivity index (χ4v) is 1.33. The van der Waals surface area contributed by atoms with E-state index in [-0.39, 0.29) is 0 Å². The highest BCUT2D eigenvalue weighted by Gasteiger charge is 2.03. The third kappa shape index (κ3) is 2.35. The Morgan fingerprint density at radius 3 is 2.54 bits per heavy atom. The Bertz CT molecular complexity index is 308. The van der Waals surface area contributed by atoms with Gasteiger partial charge < -0.3 is 9.47 Å². The third-order valence-corrected chi connectivity index (χ3v) is 2.07. The summed E-state index contributed by atoms with van der Waals surface area (Å²) >= 11 is 0. The molecule has 0 aliphatic heterocycles. The van der Waals surface area contributed by atoms with Crippen LogP contribution in [0.5, 0.6) is 0 Å². The van der Waals surface area contributed by atoms with Crippen molar-refractivity contribution in [1.29, 1.82) is 0 Å². The minimum absolute atomic E-state index is 0.702. The van der Waals surface area contributed by atoms with Crippen molar-refractivity contribution >= 4 is 21.2 Å². The van der Waals surface area contributed by atoms with E-state index in [9.17, 15) is 0 Å². The summed E-state index contributed by atoms with van der Waals surface area (Å²) < 4.78 is 10.1. The monoisotopic (exact) mass is 191 g/mol. The van der Waals surface area contributed by atoms with Gasteiger partial charge in [0, 0.05) is 5.56 Å². The molecule has 0 atom stereocenters. The SMILES string of the molecule is COC=C(OC)c1ccccc1[Si]. The Labute approximate surface area is 81.6 Å². The topological polar surface area (TPSA) is 18.5 Å². The fraction of sp³-hybridized carbons (Fsp3) is 0.200. The second kappa shape index (κ2) is 4.72. The van der Waals surface area contributed by atoms with Gasteiger partial charge in [-0.25, -0.2) is 0 Å². The van der Waals surface area contributed by atoms with Crippen molar-refractivity contribution in [1.82, 2.24) is 0 Å². The number of ether oxygens (including phenoxy) is 2. The Morgan fingerprint density at radius 2 is 2.00 bits per heavy atom. The van der Waals surface area contributed by atoms with Gasteiger partial charge in [-0.2, -0.15) is 0 Å². The molecule has 3 heteroatoms. The number of hydrogen-bond donors (Lipinski definition) is 0. The second-order valence-corrected chi connectivity index (χ2v) is 3.01. The predicted molar refractivity (Wildman–Crippen MR) is 53.8 cm³/mol. The van der Waals surface area contributed by atoms with E-state index in [1.807, 2.05) is 24.3 Å². The van der Waals surface area contributed by atoms with E-state index in [1.165, 1.54) is 0 Å². The standard InChI is InChI=1S/C10H11O2Si/c1-11-7-9(12-2)8-5-3-4-6-10(8)13/h3-7H,1-2H3. The summed E-state index contributed by atoms with van der Waals surface area (Å²) in [4.78, 5) is 0. The zero-order valence-corrected chi connectivity index (χ0v) is 8.70. The van der Waals surface area contributed by atoms with Gasteiger partial charge in [0.25, 0.3) is 0 Å². The lowest BCUT2D eigenvalue weighted by Crippen LogP contribution is -2.09. The summed E-state index contributed by atoms with van der Waals surface area (Å²) in [6, 6.07) is 7.80. The Hall–Kier alpha value is -1.22. The number of methoxy groups -OCH3 is 2. The normalized spacial score (nSPS) is 11.2. The van der Waals surface area contributed by atoms with E-state index in [0.29, 0.717) is 5.76 Å². The number of rotatable bonds is 3. The van der Waals surface area contributed by atoms with Gasteiger partial charge in [0.05, 0.1) is 24.5 Å². The molecule has 0 saturated heterocycles. The van der Waals surface area contributed by atoms with Crippen molar-refractivity contribution in [3.63, 3.8) is 0 Å². The molecule has 2 nitrogen and oxygen atoms in total. The molecule has 0 bridgehead atoms. The first-order valence-corrected chi connectivity index (χ1v) is 4.37. The molecule has 0 aromatic heterocycles. The average molecular weight is 191 g/mol. The van der Waals surface area contributed by atoms with Crippen molar-refractivity contribution < 1.29 is 9.47 Å². The van der Waals surface area contributed by atoms with E-state index in [2.05, 4.69) is 10.2 Å². The van der Waals surface area contributed by atoms with Gasteiger partial charge in [-0.05, 0) is 0 Å². The minimum atomic E-state index is 0.702. The highest BCUT2D eigenvalue weighted by molar-refractivity contribution is 6.34. The van der Waals surface area contributed by atoms with Crippen molar-refractivity contribution in [2.24, 2.45) is 0 Å². The smallest absolute Gasteiger partial charge is 0.160 e. The molecule has 0 N–H and O–H groups in total. The Kier molecular flexibility index (Phi) is 3.58. The van der Waals surface area contributed by atoms with E-state index in [4.69, 9.17) is 9.47 Å². The van der Waals surface area contributed by atoms with E-state index in [1.54, 1.807) is 20.5 Å². The van der Waals surface area contributed by atoms with E-state index < -0.39 is 0 Å². The second-order valence-electron chi connectivity index (χ2n) is 2.47. The van der Waals surface area contributed by atoms with Crippen LogP contribution in [0.25, 0.3) is 5.76 Å². The molecule has 67 valence electrons. The van der Waals surface area contributed by atoms with Crippen molar-refractivity contribution in [3.8, 4) is 0 Å². The molecule has 1 rings (SSSR count). The number of benzene rings is 1. The van der Waals surface area contributed by atoms with Crippen LogP contribution in [-0.2, 0) is 9.47 Å². The molecule has 0 fully saturated rings. The molecule has 3 radical (unpaired) electrons. The maximum atomic E-state index is 5.16. The highest BCUT2D eigenvalue weighted by atomic mass is 28.1. The van der Waals surface area contributed by atoms with Crippen molar-refractivity contribution in [3.05, 3.63) is 36.1 Å². The van der Waals surface area contributed by atoms with Crippen LogP contribution in [0.15, 0.2) is 30.5 Å². The third-order valence-electron chi connectivity index (χ3n) is 1.64. The Morgan fingerprint density at radius 1 is 1.31 bits per heavy atom. The van der Waals surface area contributed by atoms with Gasteiger partial charge in [-0.3, -0.25) is 0 Å². The van der Waals surface area contributed by atoms with Gasteiger partial charge in [-0.1, -0.05) is 29.5 Å². The molecule has 0 spiro atoms. The van der Waals surface area contributed by atoms with Crippen LogP contribution >= 0.6 is 0 Å². The molecule has 1 aromatic rings. The van der Waals surface area contributed by atoms with Crippen LogP contribution in [0.1, 0.15) is 5.56 Å². The first-order valence-electron chi connectivity index (χ1n) is 3.87. The molecule has 1 aromatic carbocycles. The summed E-state index contributed by atoms with van der Waals surface area (Å²) in [6.07, 6.45) is 1.57. The van der Waals surface area contributed by atoms with E-state index in [0.717, 1.165) is 10.8 Å². The maximum absolute atomic E-state index is 5.16.